The van der Waals surface area contributed by atoms with Crippen molar-refractivity contribution < 1.29 is 31.8 Å². The van der Waals surface area contributed by atoms with Crippen molar-refractivity contribution in [3.63, 3.8) is 0 Å². The normalized spacial score (nSPS) is 19.0. The van der Waals surface area contributed by atoms with Crippen LogP contribution in [-0.2, 0) is 9.47 Å². The number of urea groups is 1. The van der Waals surface area contributed by atoms with Crippen molar-refractivity contribution >= 4 is 17.6 Å². The largest absolute Gasteiger partial charge is 0.411 e. The fourth-order valence-corrected chi connectivity index (χ4v) is 3.34. The van der Waals surface area contributed by atoms with E-state index in [1.165, 1.54) is 12.1 Å². The highest BCUT2D eigenvalue weighted by atomic mass is 35.5. The highest BCUT2D eigenvalue weighted by Gasteiger charge is 2.30. The average Bonchev–Trinajstić information content (AvgIpc) is 2.62. The molecule has 1 aromatic carbocycles. The second kappa shape index (κ2) is 11.0. The molecule has 6 nitrogen and oxygen atoms in total. The van der Waals surface area contributed by atoms with Gasteiger partial charge in [-0.1, -0.05) is 17.7 Å². The summed E-state index contributed by atoms with van der Waals surface area (Å²) in [6, 6.07) is 3.26. The summed E-state index contributed by atoms with van der Waals surface area (Å²) in [6.07, 6.45) is -4.47. The molecule has 1 saturated heterocycles. The number of benzene rings is 1. The molecule has 0 spiro atoms. The Kier molecular flexibility index (Phi) is 8.94. The molecule has 29 heavy (non-hydrogen) atoms. The number of rotatable bonds is 8. The molecule has 2 rings (SSSR count). The van der Waals surface area contributed by atoms with Crippen LogP contribution in [0.3, 0.4) is 0 Å². The first-order valence-corrected chi connectivity index (χ1v) is 9.51. The van der Waals surface area contributed by atoms with E-state index in [0.29, 0.717) is 19.7 Å². The Balaban J connectivity index is 1.93. The standard InChI is InChI=1S/C18H24ClF4N3O3/c1-12-10-26(6-8-29-12)15(16-13(19)3-2-4-14(16)20)9-25-17(27)24-5-7-28-11-18(21,22)23/h2-4,12,15H,5-11H2,1H3,(H2,24,25,27). The topological polar surface area (TPSA) is 62.8 Å². The summed E-state index contributed by atoms with van der Waals surface area (Å²) in [7, 11) is 0. The second-order valence-electron chi connectivity index (χ2n) is 6.63. The number of hydrogen-bond acceptors (Lipinski definition) is 4. The molecule has 2 unspecified atom stereocenters. The van der Waals surface area contributed by atoms with Crippen LogP contribution in [0.5, 0.6) is 0 Å². The number of hydrogen-bond donors (Lipinski definition) is 2. The average molecular weight is 442 g/mol. The highest BCUT2D eigenvalue weighted by Crippen LogP contribution is 2.31. The SMILES string of the molecule is CC1CN(C(CNC(=O)NCCOCC(F)(F)F)c2c(F)cccc2Cl)CCO1. The molecule has 0 saturated carbocycles. The van der Waals surface area contributed by atoms with Gasteiger partial charge in [-0.25, -0.2) is 9.18 Å². The van der Waals surface area contributed by atoms with Crippen LogP contribution < -0.4 is 10.6 Å². The van der Waals surface area contributed by atoms with Gasteiger partial charge in [0.05, 0.1) is 25.4 Å². The maximum Gasteiger partial charge on any atom is 0.411 e. The van der Waals surface area contributed by atoms with Gasteiger partial charge in [0.1, 0.15) is 12.4 Å². The Bertz CT molecular complexity index is 658. The Morgan fingerprint density at radius 3 is 2.83 bits per heavy atom. The minimum Gasteiger partial charge on any atom is -0.376 e. The zero-order valence-electron chi connectivity index (χ0n) is 15.9. The third-order valence-corrected chi connectivity index (χ3v) is 4.63. The summed E-state index contributed by atoms with van der Waals surface area (Å²) >= 11 is 6.22. The molecule has 0 radical (unpaired) electrons. The van der Waals surface area contributed by atoms with E-state index < -0.39 is 30.7 Å². The molecule has 1 aliphatic heterocycles. The lowest BCUT2D eigenvalue weighted by molar-refractivity contribution is -0.173. The summed E-state index contributed by atoms with van der Waals surface area (Å²) in [5.41, 5.74) is 0.275. The fraction of sp³-hybridized carbons (Fsp3) is 0.611. The van der Waals surface area contributed by atoms with Gasteiger partial charge in [-0.05, 0) is 19.1 Å². The highest BCUT2D eigenvalue weighted by molar-refractivity contribution is 6.31. The van der Waals surface area contributed by atoms with E-state index in [0.717, 1.165) is 0 Å². The van der Waals surface area contributed by atoms with Crippen molar-refractivity contribution in [3.05, 3.63) is 34.6 Å². The van der Waals surface area contributed by atoms with Gasteiger partial charge in [0.25, 0.3) is 0 Å². The first kappa shape index (κ1) is 23.7. The van der Waals surface area contributed by atoms with E-state index in [1.807, 2.05) is 11.8 Å². The number of ether oxygens (including phenoxy) is 2. The van der Waals surface area contributed by atoms with E-state index in [1.54, 1.807) is 6.07 Å². The predicted octanol–water partition coefficient (Wildman–Crippen LogP) is 3.12. The molecule has 0 aromatic heterocycles. The first-order chi connectivity index (χ1) is 13.7. The molecule has 0 aliphatic carbocycles. The van der Waals surface area contributed by atoms with E-state index in [4.69, 9.17) is 16.3 Å². The Morgan fingerprint density at radius 1 is 1.41 bits per heavy atom. The van der Waals surface area contributed by atoms with Crippen molar-refractivity contribution in [2.75, 3.05) is 46.0 Å². The number of nitrogens with one attached hydrogen (secondary N) is 2. The smallest absolute Gasteiger partial charge is 0.376 e. The van der Waals surface area contributed by atoms with Crippen LogP contribution in [0.1, 0.15) is 18.5 Å². The summed E-state index contributed by atoms with van der Waals surface area (Å²) < 4.78 is 60.4. The predicted molar refractivity (Wildman–Crippen MR) is 99.4 cm³/mol. The van der Waals surface area contributed by atoms with Crippen molar-refractivity contribution in [2.24, 2.45) is 0 Å². The van der Waals surface area contributed by atoms with Crippen molar-refractivity contribution in [3.8, 4) is 0 Å². The number of alkyl halides is 3. The van der Waals surface area contributed by atoms with Crippen LogP contribution in [0.4, 0.5) is 22.4 Å². The fourth-order valence-electron chi connectivity index (χ4n) is 3.05. The van der Waals surface area contributed by atoms with Gasteiger partial charge in [0.2, 0.25) is 0 Å². The molecule has 2 atom stereocenters. The van der Waals surface area contributed by atoms with Gasteiger partial charge in [-0.2, -0.15) is 13.2 Å². The van der Waals surface area contributed by atoms with E-state index >= 15 is 0 Å². The third kappa shape index (κ3) is 7.96. The van der Waals surface area contributed by atoms with Gasteiger partial charge < -0.3 is 20.1 Å². The maximum absolute atomic E-state index is 14.5. The third-order valence-electron chi connectivity index (χ3n) is 4.30. The van der Waals surface area contributed by atoms with Gasteiger partial charge in [-0.3, -0.25) is 4.90 Å². The Morgan fingerprint density at radius 2 is 2.17 bits per heavy atom. The second-order valence-corrected chi connectivity index (χ2v) is 7.04. The van der Waals surface area contributed by atoms with Crippen LogP contribution in [0.25, 0.3) is 0 Å². The Hall–Kier alpha value is -1.62. The summed E-state index contributed by atoms with van der Waals surface area (Å²) in [5, 5.41) is 5.27. The number of halogens is 5. The number of amides is 2. The molecule has 1 aromatic rings. The molecule has 164 valence electrons. The number of nitrogens with zero attached hydrogens (tertiary/aromatic N) is 1. The van der Waals surface area contributed by atoms with Gasteiger partial charge >= 0.3 is 12.2 Å². The van der Waals surface area contributed by atoms with Crippen LogP contribution in [-0.4, -0.2) is 69.2 Å². The minimum absolute atomic E-state index is 0.0581. The number of carbonyl (C=O) groups excluding carboxylic acids is 1. The molecule has 2 amide bonds. The summed E-state index contributed by atoms with van der Waals surface area (Å²) in [4.78, 5) is 14.0. The van der Waals surface area contributed by atoms with E-state index in [-0.39, 0.29) is 36.4 Å². The van der Waals surface area contributed by atoms with Gasteiger partial charge in [0, 0.05) is 36.8 Å². The lowest BCUT2D eigenvalue weighted by Gasteiger charge is -2.38. The molecular weight excluding hydrogens is 418 g/mol. The van der Waals surface area contributed by atoms with Crippen molar-refractivity contribution in [1.82, 2.24) is 15.5 Å². The molecule has 0 bridgehead atoms. The van der Waals surface area contributed by atoms with E-state index in [2.05, 4.69) is 15.4 Å². The molecule has 11 heteroatoms. The molecular formula is C18H24ClF4N3O3. The molecule has 2 N–H and O–H groups in total. The van der Waals surface area contributed by atoms with Crippen LogP contribution in [0.15, 0.2) is 18.2 Å². The minimum atomic E-state index is -4.41. The van der Waals surface area contributed by atoms with Gasteiger partial charge in [-0.15, -0.1) is 0 Å². The zero-order valence-corrected chi connectivity index (χ0v) is 16.7. The molecule has 1 fully saturated rings. The summed E-state index contributed by atoms with van der Waals surface area (Å²) in [5.74, 6) is -0.482. The van der Waals surface area contributed by atoms with Gasteiger partial charge in [0.15, 0.2) is 0 Å². The number of carbonyl (C=O) groups is 1. The van der Waals surface area contributed by atoms with Crippen LogP contribution >= 0.6 is 11.6 Å². The number of morpholine rings is 1. The lowest BCUT2D eigenvalue weighted by atomic mass is 10.0. The van der Waals surface area contributed by atoms with Crippen LogP contribution in [0.2, 0.25) is 5.02 Å². The first-order valence-electron chi connectivity index (χ1n) is 9.13. The Labute approximate surface area is 171 Å². The maximum atomic E-state index is 14.5. The quantitative estimate of drug-likeness (QED) is 0.480. The summed E-state index contributed by atoms with van der Waals surface area (Å²) in [6.45, 7) is 1.73. The molecule has 1 heterocycles. The van der Waals surface area contributed by atoms with Crippen LogP contribution in [0, 0.1) is 5.82 Å². The van der Waals surface area contributed by atoms with Crippen molar-refractivity contribution in [1.29, 1.82) is 0 Å². The van der Waals surface area contributed by atoms with Crippen molar-refractivity contribution in [2.45, 2.75) is 25.2 Å². The lowest BCUT2D eigenvalue weighted by Crippen LogP contribution is -2.48. The molecule has 1 aliphatic rings. The zero-order chi connectivity index (χ0) is 21.4. The van der Waals surface area contributed by atoms with E-state index in [9.17, 15) is 22.4 Å². The monoisotopic (exact) mass is 441 g/mol.